The molecule has 0 radical (unpaired) electrons. The highest BCUT2D eigenvalue weighted by atomic mass is 16.5. The van der Waals surface area contributed by atoms with Gasteiger partial charge in [-0.3, -0.25) is 0 Å². The molecule has 0 amide bonds. The Labute approximate surface area is 87.4 Å². The number of methoxy groups -OCH3 is 1. The first kappa shape index (κ1) is 9.98. The normalized spacial score (nSPS) is 18.5. The van der Waals surface area contributed by atoms with Gasteiger partial charge in [0.1, 0.15) is 11.9 Å². The van der Waals surface area contributed by atoms with Gasteiger partial charge in [-0.05, 0) is 18.2 Å². The lowest BCUT2D eigenvalue weighted by atomic mass is 10.0. The summed E-state index contributed by atoms with van der Waals surface area (Å²) in [6.45, 7) is -0.00536. The van der Waals surface area contributed by atoms with Crippen LogP contribution in [0.4, 0.5) is 0 Å². The summed E-state index contributed by atoms with van der Waals surface area (Å²) in [5.41, 5.74) is 1.36. The molecule has 4 heteroatoms. The number of carbonyl (C=O) groups is 1. The first-order valence-corrected chi connectivity index (χ1v) is 4.76. The van der Waals surface area contributed by atoms with E-state index in [1.807, 2.05) is 0 Å². The van der Waals surface area contributed by atoms with E-state index in [1.165, 1.54) is 0 Å². The molecular formula is C11H12O4. The van der Waals surface area contributed by atoms with E-state index in [1.54, 1.807) is 25.3 Å². The van der Waals surface area contributed by atoms with Gasteiger partial charge in [-0.25, -0.2) is 4.79 Å². The molecule has 1 aliphatic heterocycles. The van der Waals surface area contributed by atoms with Gasteiger partial charge in [0.2, 0.25) is 0 Å². The highest BCUT2D eigenvalue weighted by Crippen LogP contribution is 2.34. The fourth-order valence-corrected chi connectivity index (χ4v) is 1.71. The van der Waals surface area contributed by atoms with E-state index in [0.717, 1.165) is 5.56 Å². The van der Waals surface area contributed by atoms with Crippen LogP contribution in [0.2, 0.25) is 0 Å². The monoisotopic (exact) mass is 208 g/mol. The van der Waals surface area contributed by atoms with Crippen LogP contribution < -0.4 is 4.74 Å². The highest BCUT2D eigenvalue weighted by Gasteiger charge is 2.30. The zero-order valence-electron chi connectivity index (χ0n) is 8.40. The lowest BCUT2D eigenvalue weighted by Crippen LogP contribution is -2.00. The predicted molar refractivity (Wildman–Crippen MR) is 52.9 cm³/mol. The van der Waals surface area contributed by atoms with Crippen molar-refractivity contribution < 1.29 is 19.4 Å². The van der Waals surface area contributed by atoms with Crippen molar-refractivity contribution in [2.75, 3.05) is 13.7 Å². The van der Waals surface area contributed by atoms with Crippen LogP contribution in [0.25, 0.3) is 0 Å². The van der Waals surface area contributed by atoms with Gasteiger partial charge >= 0.3 is 5.97 Å². The fraction of sp³-hybridized carbons (Fsp3) is 0.364. The minimum absolute atomic E-state index is 0.00536. The summed E-state index contributed by atoms with van der Waals surface area (Å²) in [6, 6.07) is 5.19. The molecule has 0 saturated carbocycles. The van der Waals surface area contributed by atoms with Crippen LogP contribution in [-0.2, 0) is 4.74 Å². The maximum absolute atomic E-state index is 11.4. The molecule has 1 aromatic rings. The number of rotatable bonds is 3. The van der Waals surface area contributed by atoms with E-state index in [-0.39, 0.29) is 18.7 Å². The minimum Gasteiger partial charge on any atom is -0.497 e. The SMILES string of the molecule is COc1ccc2c(c1)C(CCO)OC2=O. The van der Waals surface area contributed by atoms with E-state index in [4.69, 9.17) is 14.6 Å². The number of hydrogen-bond acceptors (Lipinski definition) is 4. The van der Waals surface area contributed by atoms with Gasteiger partial charge in [0.05, 0.1) is 12.7 Å². The van der Waals surface area contributed by atoms with Crippen molar-refractivity contribution in [2.45, 2.75) is 12.5 Å². The summed E-state index contributed by atoms with van der Waals surface area (Å²) in [5, 5.41) is 8.84. The van der Waals surface area contributed by atoms with E-state index >= 15 is 0 Å². The second kappa shape index (κ2) is 3.90. The number of aliphatic hydroxyl groups is 1. The van der Waals surface area contributed by atoms with Crippen LogP contribution in [0, 0.1) is 0 Å². The minimum atomic E-state index is -0.340. The van der Waals surface area contributed by atoms with Crippen molar-refractivity contribution >= 4 is 5.97 Å². The van der Waals surface area contributed by atoms with Crippen LogP contribution in [0.5, 0.6) is 5.75 Å². The zero-order chi connectivity index (χ0) is 10.8. The quantitative estimate of drug-likeness (QED) is 0.760. The number of benzene rings is 1. The number of esters is 1. The topological polar surface area (TPSA) is 55.8 Å². The van der Waals surface area contributed by atoms with Crippen LogP contribution in [0.15, 0.2) is 18.2 Å². The Morgan fingerprint density at radius 3 is 3.00 bits per heavy atom. The third kappa shape index (κ3) is 1.68. The number of ether oxygens (including phenoxy) is 2. The van der Waals surface area contributed by atoms with E-state index in [9.17, 15) is 4.79 Å². The molecule has 0 spiro atoms. The fourth-order valence-electron chi connectivity index (χ4n) is 1.71. The van der Waals surface area contributed by atoms with E-state index < -0.39 is 0 Å². The van der Waals surface area contributed by atoms with Crippen molar-refractivity contribution in [3.8, 4) is 5.75 Å². The summed E-state index contributed by atoms with van der Waals surface area (Å²) in [7, 11) is 1.57. The number of aliphatic hydroxyl groups excluding tert-OH is 1. The summed E-state index contributed by atoms with van der Waals surface area (Å²) >= 11 is 0. The van der Waals surface area contributed by atoms with E-state index in [2.05, 4.69) is 0 Å². The smallest absolute Gasteiger partial charge is 0.339 e. The van der Waals surface area contributed by atoms with Gasteiger partial charge < -0.3 is 14.6 Å². The molecule has 0 saturated heterocycles. The molecule has 80 valence electrons. The van der Waals surface area contributed by atoms with Crippen LogP contribution in [0.3, 0.4) is 0 Å². The standard InChI is InChI=1S/C11H12O4/c1-14-7-2-3-8-9(6-7)10(4-5-12)15-11(8)13/h2-3,6,10,12H,4-5H2,1H3. The third-order valence-electron chi connectivity index (χ3n) is 2.47. The van der Waals surface area contributed by atoms with Crippen molar-refractivity contribution in [3.63, 3.8) is 0 Å². The Balaban J connectivity index is 2.38. The number of carbonyl (C=O) groups excluding carboxylic acids is 1. The van der Waals surface area contributed by atoms with Gasteiger partial charge in [0.15, 0.2) is 0 Å². The molecular weight excluding hydrogens is 196 g/mol. The molecule has 0 aromatic heterocycles. The maximum Gasteiger partial charge on any atom is 0.339 e. The molecule has 0 aliphatic carbocycles. The Kier molecular flexibility index (Phi) is 2.60. The molecule has 2 rings (SSSR count). The molecule has 1 heterocycles. The average Bonchev–Trinajstić information content (AvgIpc) is 2.56. The molecule has 0 bridgehead atoms. The van der Waals surface area contributed by atoms with Gasteiger partial charge in [-0.1, -0.05) is 0 Å². The Morgan fingerprint density at radius 1 is 1.53 bits per heavy atom. The van der Waals surface area contributed by atoms with Crippen LogP contribution >= 0.6 is 0 Å². The Hall–Kier alpha value is -1.55. The predicted octanol–water partition coefficient (Wildman–Crippen LogP) is 1.29. The van der Waals surface area contributed by atoms with Gasteiger partial charge in [0.25, 0.3) is 0 Å². The first-order valence-electron chi connectivity index (χ1n) is 4.76. The largest absolute Gasteiger partial charge is 0.497 e. The second-order valence-electron chi connectivity index (χ2n) is 3.36. The molecule has 1 aliphatic rings. The first-order chi connectivity index (χ1) is 7.26. The van der Waals surface area contributed by atoms with Gasteiger partial charge in [-0.2, -0.15) is 0 Å². The Morgan fingerprint density at radius 2 is 2.33 bits per heavy atom. The van der Waals surface area contributed by atoms with Crippen molar-refractivity contribution in [3.05, 3.63) is 29.3 Å². The van der Waals surface area contributed by atoms with Crippen LogP contribution in [-0.4, -0.2) is 24.8 Å². The summed E-state index contributed by atoms with van der Waals surface area (Å²) in [4.78, 5) is 11.4. The second-order valence-corrected chi connectivity index (χ2v) is 3.36. The molecule has 4 nitrogen and oxygen atoms in total. The third-order valence-corrected chi connectivity index (χ3v) is 2.47. The number of hydrogen-bond donors (Lipinski definition) is 1. The zero-order valence-corrected chi connectivity index (χ0v) is 8.40. The van der Waals surface area contributed by atoms with Crippen LogP contribution in [0.1, 0.15) is 28.4 Å². The lowest BCUT2D eigenvalue weighted by molar-refractivity contribution is 0.0332. The maximum atomic E-state index is 11.4. The van der Waals surface area contributed by atoms with Gasteiger partial charge in [-0.15, -0.1) is 0 Å². The Bertz CT molecular complexity index is 386. The van der Waals surface area contributed by atoms with E-state index in [0.29, 0.717) is 17.7 Å². The lowest BCUT2D eigenvalue weighted by Gasteiger charge is -2.08. The van der Waals surface area contributed by atoms with Gasteiger partial charge in [0, 0.05) is 18.6 Å². The average molecular weight is 208 g/mol. The molecule has 1 aromatic carbocycles. The number of fused-ring (bicyclic) bond motifs is 1. The highest BCUT2D eigenvalue weighted by molar-refractivity contribution is 5.94. The van der Waals surface area contributed by atoms with Crippen molar-refractivity contribution in [2.24, 2.45) is 0 Å². The summed E-state index contributed by atoms with van der Waals surface area (Å²) in [5.74, 6) is 0.362. The molecule has 0 fully saturated rings. The molecule has 15 heavy (non-hydrogen) atoms. The molecule has 1 N–H and O–H groups in total. The summed E-state index contributed by atoms with van der Waals surface area (Å²) in [6.07, 6.45) is 0.0823. The molecule has 1 atom stereocenters. The van der Waals surface area contributed by atoms with Crippen molar-refractivity contribution in [1.29, 1.82) is 0 Å². The molecule has 1 unspecified atom stereocenters. The summed E-state index contributed by atoms with van der Waals surface area (Å²) < 4.78 is 10.2. The number of cyclic esters (lactones) is 1. The van der Waals surface area contributed by atoms with Crippen molar-refractivity contribution in [1.82, 2.24) is 0 Å².